The molecule has 0 spiro atoms. The van der Waals surface area contributed by atoms with Crippen molar-refractivity contribution in [2.45, 2.75) is 0 Å². The number of hydrogen-bond donors (Lipinski definition) is 5. The first kappa shape index (κ1) is 10.7. The minimum atomic E-state index is -1.42. The van der Waals surface area contributed by atoms with E-state index in [-0.39, 0.29) is 5.56 Å². The summed E-state index contributed by atoms with van der Waals surface area (Å²) in [6.45, 7) is 3.13. The molecule has 0 saturated carbocycles. The molecular weight excluding hydrogens is 204 g/mol. The van der Waals surface area contributed by atoms with Gasteiger partial charge in [0.05, 0.1) is 5.57 Å². The highest BCUT2D eigenvalue weighted by Crippen LogP contribution is 2.45. The molecule has 0 aromatic heterocycles. The highest BCUT2D eigenvalue weighted by atomic mass is 16.4. The van der Waals surface area contributed by atoms with Crippen molar-refractivity contribution in [3.63, 3.8) is 0 Å². The Morgan fingerprint density at radius 1 is 1.07 bits per heavy atom. The lowest BCUT2D eigenvalue weighted by Crippen LogP contribution is -1.98. The van der Waals surface area contributed by atoms with Gasteiger partial charge in [-0.2, -0.15) is 0 Å². The molecular formula is C9H8O6. The van der Waals surface area contributed by atoms with E-state index in [9.17, 15) is 9.90 Å². The molecule has 6 nitrogen and oxygen atoms in total. The zero-order valence-electron chi connectivity index (χ0n) is 7.43. The van der Waals surface area contributed by atoms with Crippen molar-refractivity contribution >= 4 is 11.5 Å². The van der Waals surface area contributed by atoms with Crippen molar-refractivity contribution in [2.24, 2.45) is 0 Å². The molecule has 0 aliphatic heterocycles. The standard InChI is InChI=1S/C9H8O6/c1-3(9(14)15)4-2-5(10)7(12)8(13)6(4)11/h2,10-13H,1H2,(H,14,15). The third kappa shape index (κ3) is 1.64. The fraction of sp³-hybridized carbons (Fsp3) is 0. The number of carboxylic acid groups (broad SMARTS) is 1. The van der Waals surface area contributed by atoms with Crippen molar-refractivity contribution in [3.05, 3.63) is 18.2 Å². The number of aromatic hydroxyl groups is 4. The van der Waals surface area contributed by atoms with Gasteiger partial charge in [0, 0.05) is 5.56 Å². The maximum Gasteiger partial charge on any atom is 0.335 e. The van der Waals surface area contributed by atoms with Crippen LogP contribution in [0.4, 0.5) is 0 Å². The normalized spacial score (nSPS) is 9.87. The van der Waals surface area contributed by atoms with E-state index in [2.05, 4.69) is 6.58 Å². The van der Waals surface area contributed by atoms with Gasteiger partial charge in [0.1, 0.15) is 0 Å². The zero-order valence-corrected chi connectivity index (χ0v) is 7.43. The SMILES string of the molecule is C=C(C(=O)O)c1cc(O)c(O)c(O)c1O. The molecule has 0 atom stereocenters. The number of carbonyl (C=O) groups is 1. The molecule has 1 aromatic carbocycles. The molecule has 0 fully saturated rings. The van der Waals surface area contributed by atoms with Crippen LogP contribution in [0, 0.1) is 0 Å². The fourth-order valence-corrected chi connectivity index (χ4v) is 0.980. The summed E-state index contributed by atoms with van der Waals surface area (Å²) in [6, 6.07) is 0.792. The van der Waals surface area contributed by atoms with Gasteiger partial charge >= 0.3 is 5.97 Å². The van der Waals surface area contributed by atoms with Gasteiger partial charge in [-0.3, -0.25) is 0 Å². The lowest BCUT2D eigenvalue weighted by Gasteiger charge is -2.08. The van der Waals surface area contributed by atoms with Crippen LogP contribution in [0.5, 0.6) is 23.0 Å². The first-order valence-corrected chi connectivity index (χ1v) is 3.75. The van der Waals surface area contributed by atoms with E-state index in [0.717, 1.165) is 6.07 Å². The quantitative estimate of drug-likeness (QED) is 0.278. The summed E-state index contributed by atoms with van der Waals surface area (Å²) in [5, 5.41) is 45.0. The molecule has 1 rings (SSSR count). The fourth-order valence-electron chi connectivity index (χ4n) is 0.980. The second kappa shape index (κ2) is 3.41. The van der Waals surface area contributed by atoms with Gasteiger partial charge in [-0.25, -0.2) is 4.79 Å². The number of phenolic OH excluding ortho intramolecular Hbond substituents is 4. The summed E-state index contributed by atoms with van der Waals surface area (Å²) in [5.41, 5.74) is -0.881. The summed E-state index contributed by atoms with van der Waals surface area (Å²) in [5.74, 6) is -4.93. The zero-order chi connectivity index (χ0) is 11.7. The van der Waals surface area contributed by atoms with E-state index in [0.29, 0.717) is 0 Å². The van der Waals surface area contributed by atoms with E-state index in [1.807, 2.05) is 0 Å². The molecule has 0 aliphatic rings. The monoisotopic (exact) mass is 212 g/mol. The number of hydrogen-bond acceptors (Lipinski definition) is 5. The van der Waals surface area contributed by atoms with E-state index in [1.54, 1.807) is 0 Å². The van der Waals surface area contributed by atoms with E-state index in [1.165, 1.54) is 0 Å². The first-order valence-electron chi connectivity index (χ1n) is 3.75. The maximum atomic E-state index is 10.5. The predicted molar refractivity (Wildman–Crippen MR) is 49.8 cm³/mol. The van der Waals surface area contributed by atoms with Crippen molar-refractivity contribution in [3.8, 4) is 23.0 Å². The summed E-state index contributed by atoms with van der Waals surface area (Å²) < 4.78 is 0. The second-order valence-electron chi connectivity index (χ2n) is 2.77. The first-order chi connectivity index (χ1) is 6.86. The van der Waals surface area contributed by atoms with Crippen LogP contribution < -0.4 is 0 Å². The van der Waals surface area contributed by atoms with Crippen LogP contribution in [0.15, 0.2) is 12.6 Å². The highest BCUT2D eigenvalue weighted by Gasteiger charge is 2.20. The van der Waals surface area contributed by atoms with Crippen LogP contribution in [0.1, 0.15) is 5.56 Å². The average molecular weight is 212 g/mol. The number of phenols is 4. The van der Waals surface area contributed by atoms with Gasteiger partial charge in [-0.1, -0.05) is 6.58 Å². The Bertz CT molecular complexity index is 448. The molecule has 6 heteroatoms. The lowest BCUT2D eigenvalue weighted by atomic mass is 10.0. The lowest BCUT2D eigenvalue weighted by molar-refractivity contribution is -0.130. The number of aliphatic carboxylic acids is 1. The Hall–Kier alpha value is -2.37. The highest BCUT2D eigenvalue weighted by molar-refractivity contribution is 6.15. The summed E-state index contributed by atoms with van der Waals surface area (Å²) in [7, 11) is 0. The Kier molecular flexibility index (Phi) is 2.43. The van der Waals surface area contributed by atoms with Crippen molar-refractivity contribution in [2.75, 3.05) is 0 Å². The van der Waals surface area contributed by atoms with Gasteiger partial charge in [-0.05, 0) is 6.07 Å². The van der Waals surface area contributed by atoms with Gasteiger partial charge in [0.2, 0.25) is 11.5 Å². The van der Waals surface area contributed by atoms with Crippen LogP contribution >= 0.6 is 0 Å². The van der Waals surface area contributed by atoms with Gasteiger partial charge in [0.25, 0.3) is 0 Å². The molecule has 0 heterocycles. The largest absolute Gasteiger partial charge is 0.504 e. The van der Waals surface area contributed by atoms with E-state index < -0.39 is 34.5 Å². The molecule has 0 saturated heterocycles. The van der Waals surface area contributed by atoms with Crippen LogP contribution in [0.25, 0.3) is 5.57 Å². The van der Waals surface area contributed by atoms with Crippen molar-refractivity contribution in [1.82, 2.24) is 0 Å². The topological polar surface area (TPSA) is 118 Å². The molecule has 0 radical (unpaired) electrons. The Balaban J connectivity index is 3.45. The average Bonchev–Trinajstić information content (AvgIpc) is 2.19. The number of benzene rings is 1. The minimum absolute atomic E-state index is 0.365. The predicted octanol–water partition coefficient (Wildman–Crippen LogP) is 0.607. The second-order valence-corrected chi connectivity index (χ2v) is 2.77. The molecule has 15 heavy (non-hydrogen) atoms. The summed E-state index contributed by atoms with van der Waals surface area (Å²) in [6.07, 6.45) is 0. The molecule has 0 amide bonds. The molecule has 80 valence electrons. The molecule has 0 bridgehead atoms. The van der Waals surface area contributed by atoms with Crippen LogP contribution in [0.2, 0.25) is 0 Å². The van der Waals surface area contributed by atoms with Gasteiger partial charge < -0.3 is 25.5 Å². The Labute approximate surface area is 84.0 Å². The van der Waals surface area contributed by atoms with Gasteiger partial charge in [0.15, 0.2) is 11.5 Å². The van der Waals surface area contributed by atoms with E-state index >= 15 is 0 Å². The Morgan fingerprint density at radius 3 is 2.07 bits per heavy atom. The maximum absolute atomic E-state index is 10.5. The van der Waals surface area contributed by atoms with Gasteiger partial charge in [-0.15, -0.1) is 0 Å². The third-order valence-electron chi connectivity index (χ3n) is 1.81. The molecule has 5 N–H and O–H groups in total. The molecule has 0 unspecified atom stereocenters. The van der Waals surface area contributed by atoms with Crippen LogP contribution in [-0.4, -0.2) is 31.5 Å². The Morgan fingerprint density at radius 2 is 1.60 bits per heavy atom. The summed E-state index contributed by atoms with van der Waals surface area (Å²) >= 11 is 0. The molecule has 0 aliphatic carbocycles. The minimum Gasteiger partial charge on any atom is -0.504 e. The summed E-state index contributed by atoms with van der Waals surface area (Å²) in [4.78, 5) is 10.5. The smallest absolute Gasteiger partial charge is 0.335 e. The number of rotatable bonds is 2. The van der Waals surface area contributed by atoms with E-state index in [4.69, 9.17) is 20.4 Å². The third-order valence-corrected chi connectivity index (χ3v) is 1.81. The van der Waals surface area contributed by atoms with Crippen molar-refractivity contribution < 1.29 is 30.3 Å². The number of carboxylic acids is 1. The van der Waals surface area contributed by atoms with Crippen LogP contribution in [-0.2, 0) is 4.79 Å². The van der Waals surface area contributed by atoms with Crippen LogP contribution in [0.3, 0.4) is 0 Å². The van der Waals surface area contributed by atoms with Crippen molar-refractivity contribution in [1.29, 1.82) is 0 Å². The molecule has 1 aromatic rings.